The Balaban J connectivity index is 0.000000258. The van der Waals surface area contributed by atoms with Gasteiger partial charge in [-0.3, -0.25) is 4.79 Å². The van der Waals surface area contributed by atoms with Gasteiger partial charge >= 0.3 is 0 Å². The van der Waals surface area contributed by atoms with Crippen molar-refractivity contribution in [2.75, 3.05) is 38.6 Å². The van der Waals surface area contributed by atoms with E-state index < -0.39 is 17.0 Å². The quantitative estimate of drug-likeness (QED) is 0.330. The second-order valence-electron chi connectivity index (χ2n) is 13.0. The Labute approximate surface area is 260 Å². The van der Waals surface area contributed by atoms with Crippen molar-refractivity contribution in [3.05, 3.63) is 34.9 Å². The van der Waals surface area contributed by atoms with E-state index in [1.807, 2.05) is 24.3 Å². The van der Waals surface area contributed by atoms with Crippen LogP contribution in [0.3, 0.4) is 0 Å². The van der Waals surface area contributed by atoms with Gasteiger partial charge in [-0.05, 0) is 82.4 Å². The van der Waals surface area contributed by atoms with Crippen molar-refractivity contribution in [2.24, 2.45) is 5.92 Å². The lowest BCUT2D eigenvalue weighted by Gasteiger charge is -2.42. The summed E-state index contributed by atoms with van der Waals surface area (Å²) in [5, 5.41) is 20.3. The molecule has 2 bridgehead atoms. The maximum Gasteiger partial charge on any atom is 0.237 e. The monoisotopic (exact) mass is 624 g/mol. The Hall–Kier alpha value is -1.07. The highest BCUT2D eigenvalue weighted by Gasteiger charge is 2.41. The molecule has 42 heavy (non-hydrogen) atoms. The summed E-state index contributed by atoms with van der Waals surface area (Å²) in [4.78, 5) is 13.4. The molecule has 4 aliphatic rings. The van der Waals surface area contributed by atoms with E-state index in [0.717, 1.165) is 62.9 Å². The number of benzene rings is 1. The van der Waals surface area contributed by atoms with E-state index in [4.69, 9.17) is 16.3 Å². The molecule has 3 saturated heterocycles. The zero-order valence-electron chi connectivity index (χ0n) is 25.8. The number of piperazine rings is 1. The van der Waals surface area contributed by atoms with Crippen LogP contribution in [0.5, 0.6) is 0 Å². The number of carbonyl (C=O) groups excluding carboxylic acids is 1. The number of hydrogen-bond acceptors (Lipinski definition) is 6. The van der Waals surface area contributed by atoms with Gasteiger partial charge in [0, 0.05) is 61.1 Å². The maximum absolute atomic E-state index is 13.4. The Morgan fingerprint density at radius 3 is 2.60 bits per heavy atom. The zero-order chi connectivity index (χ0) is 30.1. The standard InChI is InChI=1S/C23H35ClN2O3.C9H18N2OS/c1-23(2)15-17(11-14-29-23)20(16-7-9-18(24)10-8-16)21(25-12-13-27)22(28)26-19-5-3-4-6-19;1-2-9-6-10-8-4-3-5-13(12)11(9)7-8/h7-10,17,19-21,25,27H,3-6,11-15H2,1-2H3,(H,26,28);8-10H,2-7H2,1H3/t;8-,9?,13?/m.1/s1. The number of carbonyl (C=O) groups is 1. The zero-order valence-corrected chi connectivity index (χ0v) is 27.4. The number of nitrogens with one attached hydrogen (secondary N) is 3. The van der Waals surface area contributed by atoms with Crippen LogP contribution >= 0.6 is 11.6 Å². The minimum Gasteiger partial charge on any atom is -0.395 e. The van der Waals surface area contributed by atoms with Gasteiger partial charge in [0.05, 0.1) is 29.2 Å². The lowest BCUT2D eigenvalue weighted by molar-refractivity contribution is -0.126. The first kappa shape index (κ1) is 33.8. The van der Waals surface area contributed by atoms with Crippen LogP contribution in [0.4, 0.5) is 0 Å². The molecule has 1 amide bonds. The summed E-state index contributed by atoms with van der Waals surface area (Å²) in [5.41, 5.74) is 0.894. The highest BCUT2D eigenvalue weighted by molar-refractivity contribution is 7.82. The second-order valence-corrected chi connectivity index (χ2v) is 15.0. The van der Waals surface area contributed by atoms with Gasteiger partial charge in [-0.15, -0.1) is 0 Å². The average Bonchev–Trinajstić information content (AvgIpc) is 3.43. The molecule has 0 spiro atoms. The fraction of sp³-hybridized carbons (Fsp3) is 0.781. The predicted molar refractivity (Wildman–Crippen MR) is 171 cm³/mol. The average molecular weight is 625 g/mol. The summed E-state index contributed by atoms with van der Waals surface area (Å²) in [6.45, 7) is 9.50. The number of nitrogens with zero attached hydrogens (tertiary/aromatic N) is 1. The molecule has 1 saturated carbocycles. The minimum absolute atomic E-state index is 0.000181. The van der Waals surface area contributed by atoms with E-state index in [9.17, 15) is 14.1 Å². The smallest absolute Gasteiger partial charge is 0.237 e. The molecule has 4 fully saturated rings. The van der Waals surface area contributed by atoms with E-state index in [2.05, 4.69) is 41.0 Å². The number of amides is 1. The molecule has 3 aliphatic heterocycles. The van der Waals surface area contributed by atoms with E-state index >= 15 is 0 Å². The van der Waals surface area contributed by atoms with Gasteiger partial charge in [-0.25, -0.2) is 8.51 Å². The minimum atomic E-state index is -0.701. The summed E-state index contributed by atoms with van der Waals surface area (Å²) in [5.74, 6) is 1.19. The fourth-order valence-corrected chi connectivity index (χ4v) is 8.84. The lowest BCUT2D eigenvalue weighted by Crippen LogP contribution is -2.55. The molecule has 0 aromatic heterocycles. The van der Waals surface area contributed by atoms with Crippen molar-refractivity contribution in [1.29, 1.82) is 0 Å². The Kier molecular flexibility index (Phi) is 13.1. The van der Waals surface area contributed by atoms with Gasteiger partial charge in [0.25, 0.3) is 0 Å². The van der Waals surface area contributed by atoms with Crippen molar-refractivity contribution in [1.82, 2.24) is 20.3 Å². The van der Waals surface area contributed by atoms with Crippen LogP contribution < -0.4 is 16.0 Å². The molecule has 5 rings (SSSR count). The van der Waals surface area contributed by atoms with Gasteiger partial charge in [0.1, 0.15) is 0 Å². The molecule has 1 aromatic rings. The van der Waals surface area contributed by atoms with Crippen molar-refractivity contribution in [3.63, 3.8) is 0 Å². The molecule has 10 heteroatoms. The number of halogens is 1. The maximum atomic E-state index is 13.4. The van der Waals surface area contributed by atoms with Crippen molar-refractivity contribution in [3.8, 4) is 0 Å². The highest BCUT2D eigenvalue weighted by Crippen LogP contribution is 2.40. The molecule has 8 nitrogen and oxygen atoms in total. The van der Waals surface area contributed by atoms with Crippen LogP contribution in [0, 0.1) is 5.92 Å². The van der Waals surface area contributed by atoms with Crippen LogP contribution in [0.25, 0.3) is 0 Å². The highest BCUT2D eigenvalue weighted by atomic mass is 35.5. The molecule has 1 aliphatic carbocycles. The first-order valence-corrected chi connectivity index (χ1v) is 17.8. The normalized spacial score (nSPS) is 30.8. The van der Waals surface area contributed by atoms with Crippen molar-refractivity contribution < 1.29 is 18.8 Å². The summed E-state index contributed by atoms with van der Waals surface area (Å²) in [6, 6.07) is 8.81. The Bertz CT molecular complexity index is 1010. The largest absolute Gasteiger partial charge is 0.395 e. The summed E-state index contributed by atoms with van der Waals surface area (Å²) in [7, 11) is -0.701. The van der Waals surface area contributed by atoms with E-state index in [0.29, 0.717) is 36.2 Å². The van der Waals surface area contributed by atoms with Gasteiger partial charge in [0.2, 0.25) is 5.91 Å². The molecule has 7 atom stereocenters. The number of aliphatic hydroxyl groups is 1. The van der Waals surface area contributed by atoms with E-state index in [-0.39, 0.29) is 30.1 Å². The summed E-state index contributed by atoms with van der Waals surface area (Å²) < 4.78 is 20.0. The molecular formula is C32H53ClN4O4S. The van der Waals surface area contributed by atoms with E-state index in [1.54, 1.807) is 0 Å². The van der Waals surface area contributed by atoms with Crippen LogP contribution in [0.15, 0.2) is 24.3 Å². The van der Waals surface area contributed by atoms with Crippen molar-refractivity contribution >= 4 is 28.5 Å². The van der Waals surface area contributed by atoms with Gasteiger partial charge in [0.15, 0.2) is 0 Å². The summed E-state index contributed by atoms with van der Waals surface area (Å²) >= 11 is 6.14. The number of ether oxygens (including phenoxy) is 1. The molecule has 4 N–H and O–H groups in total. The molecule has 0 radical (unpaired) electrons. The lowest BCUT2D eigenvalue weighted by atomic mass is 9.73. The Morgan fingerprint density at radius 1 is 1.19 bits per heavy atom. The van der Waals surface area contributed by atoms with E-state index in [1.165, 1.54) is 19.3 Å². The molecule has 3 heterocycles. The van der Waals surface area contributed by atoms with Crippen LogP contribution in [0.2, 0.25) is 5.02 Å². The summed E-state index contributed by atoms with van der Waals surface area (Å²) in [6.07, 6.45) is 9.64. The van der Waals surface area contributed by atoms with Gasteiger partial charge < -0.3 is 25.8 Å². The Morgan fingerprint density at radius 2 is 1.93 bits per heavy atom. The first-order chi connectivity index (χ1) is 20.2. The number of aliphatic hydroxyl groups excluding tert-OH is 1. The molecule has 238 valence electrons. The predicted octanol–water partition coefficient (Wildman–Crippen LogP) is 4.13. The first-order valence-electron chi connectivity index (χ1n) is 16.1. The van der Waals surface area contributed by atoms with Gasteiger partial charge in [-0.2, -0.15) is 0 Å². The number of fused-ring (bicyclic) bond motifs is 2. The molecular weight excluding hydrogens is 572 g/mol. The fourth-order valence-electron chi connectivity index (χ4n) is 7.17. The van der Waals surface area contributed by atoms with Crippen molar-refractivity contribution in [2.45, 2.75) is 114 Å². The van der Waals surface area contributed by atoms with Crippen LogP contribution in [0.1, 0.15) is 90.0 Å². The SMILES string of the molecule is CC1(C)CC(C(c2ccc(Cl)cc2)C(NCCO)C(=O)NC2CCCC2)CCO1.CCC1CN[C@@H]2CCCS(=O)N1C2. The topological polar surface area (TPSA) is 103 Å². The second kappa shape index (κ2) is 16.3. The third kappa shape index (κ3) is 9.46. The van der Waals surface area contributed by atoms with Gasteiger partial charge in [-0.1, -0.05) is 43.5 Å². The number of hydrogen-bond donors (Lipinski definition) is 4. The number of rotatable bonds is 9. The van der Waals surface area contributed by atoms with Crippen LogP contribution in [-0.4, -0.2) is 87.9 Å². The molecule has 1 aromatic carbocycles. The molecule has 6 unspecified atom stereocenters. The van der Waals surface area contributed by atoms with Crippen LogP contribution in [-0.2, 0) is 20.5 Å². The third-order valence-electron chi connectivity index (χ3n) is 9.37. The third-order valence-corrected chi connectivity index (χ3v) is 11.2.